The molecule has 150 valence electrons. The lowest BCUT2D eigenvalue weighted by atomic mass is 10.0. The number of ether oxygens (including phenoxy) is 2. The monoisotopic (exact) mass is 373 g/mol. The molecule has 0 aromatic heterocycles. The van der Waals surface area contributed by atoms with Crippen LogP contribution in [0.1, 0.15) is 48.5 Å². The first-order chi connectivity index (χ1) is 11.8. The van der Waals surface area contributed by atoms with Gasteiger partial charge in [-0.1, -0.05) is 13.8 Å². The minimum Gasteiger partial charge on any atom is -0.467 e. The molecule has 0 aliphatic heterocycles. The van der Waals surface area contributed by atoms with Crippen LogP contribution in [0.15, 0.2) is 0 Å². The number of amides is 3. The molecule has 0 spiro atoms. The van der Waals surface area contributed by atoms with E-state index in [1.165, 1.54) is 21.0 Å². The molecule has 0 bridgehead atoms. The van der Waals surface area contributed by atoms with Crippen molar-refractivity contribution in [1.82, 2.24) is 16.0 Å². The normalized spacial score (nSPS) is 14.7. The highest BCUT2D eigenvalue weighted by Gasteiger charge is 2.29. The first-order valence-corrected chi connectivity index (χ1v) is 8.46. The SMILES string of the molecule is COC(=O)[C@H](C)NC(=O)[C@@H](NC(=O)[C@H](C)NC(=O)OC(C)(C)C)C(C)C. The Morgan fingerprint density at radius 1 is 0.808 bits per heavy atom. The molecule has 3 amide bonds. The molecule has 9 nitrogen and oxygen atoms in total. The number of rotatable bonds is 7. The fourth-order valence-corrected chi connectivity index (χ4v) is 1.90. The van der Waals surface area contributed by atoms with Gasteiger partial charge in [0, 0.05) is 0 Å². The molecule has 3 atom stereocenters. The zero-order valence-corrected chi connectivity index (χ0v) is 16.8. The second-order valence-corrected chi connectivity index (χ2v) is 7.35. The van der Waals surface area contributed by atoms with Crippen LogP contribution in [0.25, 0.3) is 0 Å². The van der Waals surface area contributed by atoms with E-state index in [4.69, 9.17) is 4.74 Å². The highest BCUT2D eigenvalue weighted by Crippen LogP contribution is 2.07. The molecule has 0 radical (unpaired) electrons. The van der Waals surface area contributed by atoms with Gasteiger partial charge in [0.25, 0.3) is 0 Å². The van der Waals surface area contributed by atoms with Crippen LogP contribution in [0.4, 0.5) is 4.79 Å². The van der Waals surface area contributed by atoms with Gasteiger partial charge in [-0.25, -0.2) is 9.59 Å². The molecule has 0 aromatic carbocycles. The van der Waals surface area contributed by atoms with Crippen LogP contribution in [0.5, 0.6) is 0 Å². The van der Waals surface area contributed by atoms with Gasteiger partial charge in [0.1, 0.15) is 23.7 Å². The minimum atomic E-state index is -0.906. The predicted octanol–water partition coefficient (Wildman–Crippen LogP) is 0.718. The van der Waals surface area contributed by atoms with Gasteiger partial charge >= 0.3 is 12.1 Å². The molecule has 0 fully saturated rings. The lowest BCUT2D eigenvalue weighted by Gasteiger charge is -2.25. The molecule has 0 saturated carbocycles. The molecule has 3 N–H and O–H groups in total. The summed E-state index contributed by atoms with van der Waals surface area (Å²) in [6.07, 6.45) is -0.731. The topological polar surface area (TPSA) is 123 Å². The van der Waals surface area contributed by atoms with E-state index in [1.54, 1.807) is 34.6 Å². The average Bonchev–Trinajstić information content (AvgIpc) is 2.48. The maximum Gasteiger partial charge on any atom is 0.408 e. The van der Waals surface area contributed by atoms with Gasteiger partial charge in [-0.2, -0.15) is 0 Å². The Bertz CT molecular complexity index is 527. The number of methoxy groups -OCH3 is 1. The van der Waals surface area contributed by atoms with Crippen molar-refractivity contribution in [2.45, 2.75) is 72.2 Å². The van der Waals surface area contributed by atoms with E-state index in [1.807, 2.05) is 0 Å². The summed E-state index contributed by atoms with van der Waals surface area (Å²) in [6, 6.07) is -2.63. The van der Waals surface area contributed by atoms with Gasteiger partial charge in [-0.3, -0.25) is 9.59 Å². The maximum atomic E-state index is 12.3. The van der Waals surface area contributed by atoms with Crippen LogP contribution in [-0.4, -0.2) is 54.7 Å². The molecule has 0 aromatic rings. The van der Waals surface area contributed by atoms with Gasteiger partial charge < -0.3 is 25.4 Å². The van der Waals surface area contributed by atoms with E-state index >= 15 is 0 Å². The largest absolute Gasteiger partial charge is 0.467 e. The summed E-state index contributed by atoms with van der Waals surface area (Å²) in [4.78, 5) is 47.8. The molecular weight excluding hydrogens is 342 g/mol. The zero-order chi connectivity index (χ0) is 20.7. The molecule has 0 unspecified atom stereocenters. The number of hydrogen-bond donors (Lipinski definition) is 3. The zero-order valence-electron chi connectivity index (χ0n) is 16.8. The third-order valence-corrected chi connectivity index (χ3v) is 3.29. The number of carbonyl (C=O) groups excluding carboxylic acids is 4. The Hall–Kier alpha value is -2.32. The number of alkyl carbamates (subject to hydrolysis) is 1. The van der Waals surface area contributed by atoms with E-state index in [2.05, 4.69) is 20.7 Å². The Balaban J connectivity index is 4.83. The summed E-state index contributed by atoms with van der Waals surface area (Å²) in [5, 5.41) is 7.47. The highest BCUT2D eigenvalue weighted by atomic mass is 16.6. The minimum absolute atomic E-state index is 0.238. The van der Waals surface area contributed by atoms with E-state index in [0.717, 1.165) is 0 Å². The molecule has 0 aliphatic rings. The third kappa shape index (κ3) is 8.68. The summed E-state index contributed by atoms with van der Waals surface area (Å²) < 4.78 is 9.64. The standard InChI is InChI=1S/C17H31N3O6/c1-9(2)12(14(22)18-11(4)15(23)25-8)20-13(21)10(3)19-16(24)26-17(5,6)7/h9-12H,1-8H3,(H,18,22)(H,19,24)(H,20,21)/t10-,11-,12-/m0/s1. The molecule has 26 heavy (non-hydrogen) atoms. The first-order valence-electron chi connectivity index (χ1n) is 8.46. The van der Waals surface area contributed by atoms with E-state index in [-0.39, 0.29) is 5.92 Å². The average molecular weight is 373 g/mol. The summed E-state index contributed by atoms with van der Waals surface area (Å²) in [6.45, 7) is 11.6. The Morgan fingerprint density at radius 2 is 1.35 bits per heavy atom. The van der Waals surface area contributed by atoms with Gasteiger partial charge in [-0.15, -0.1) is 0 Å². The number of hydrogen-bond acceptors (Lipinski definition) is 6. The van der Waals surface area contributed by atoms with Crippen molar-refractivity contribution >= 4 is 23.9 Å². The highest BCUT2D eigenvalue weighted by molar-refractivity contribution is 5.92. The molecular formula is C17H31N3O6. The smallest absolute Gasteiger partial charge is 0.408 e. The summed E-state index contributed by atoms with van der Waals surface area (Å²) in [5.41, 5.74) is -0.690. The molecule has 9 heteroatoms. The summed E-state index contributed by atoms with van der Waals surface area (Å²) in [7, 11) is 1.22. The molecule has 0 aliphatic carbocycles. The van der Waals surface area contributed by atoms with Crippen molar-refractivity contribution in [2.75, 3.05) is 7.11 Å². The second kappa shape index (κ2) is 9.98. The van der Waals surface area contributed by atoms with Crippen LogP contribution in [-0.2, 0) is 23.9 Å². The fraction of sp³-hybridized carbons (Fsp3) is 0.765. The van der Waals surface area contributed by atoms with Crippen molar-refractivity contribution in [2.24, 2.45) is 5.92 Å². The Labute approximate surface area is 154 Å². The Kier molecular flexibility index (Phi) is 9.09. The van der Waals surface area contributed by atoms with Crippen LogP contribution in [0.3, 0.4) is 0 Å². The van der Waals surface area contributed by atoms with E-state index in [0.29, 0.717) is 0 Å². The van der Waals surface area contributed by atoms with Crippen molar-refractivity contribution in [1.29, 1.82) is 0 Å². The number of esters is 1. The lowest BCUT2D eigenvalue weighted by Crippen LogP contribution is -2.56. The van der Waals surface area contributed by atoms with Crippen LogP contribution < -0.4 is 16.0 Å². The van der Waals surface area contributed by atoms with Crippen molar-refractivity contribution in [3.63, 3.8) is 0 Å². The quantitative estimate of drug-likeness (QED) is 0.565. The van der Waals surface area contributed by atoms with Crippen molar-refractivity contribution < 1.29 is 28.7 Å². The van der Waals surface area contributed by atoms with Gasteiger partial charge in [-0.05, 0) is 40.5 Å². The summed E-state index contributed by atoms with van der Waals surface area (Å²) >= 11 is 0. The second-order valence-electron chi connectivity index (χ2n) is 7.35. The third-order valence-electron chi connectivity index (χ3n) is 3.29. The predicted molar refractivity (Wildman–Crippen MR) is 95.2 cm³/mol. The van der Waals surface area contributed by atoms with E-state index in [9.17, 15) is 19.2 Å². The van der Waals surface area contributed by atoms with Crippen molar-refractivity contribution in [3.8, 4) is 0 Å². The van der Waals surface area contributed by atoms with Gasteiger partial charge in [0.05, 0.1) is 7.11 Å². The molecule has 0 rings (SSSR count). The Morgan fingerprint density at radius 3 is 1.77 bits per heavy atom. The van der Waals surface area contributed by atoms with Crippen LogP contribution >= 0.6 is 0 Å². The van der Waals surface area contributed by atoms with Gasteiger partial charge in [0.15, 0.2) is 0 Å². The van der Waals surface area contributed by atoms with Crippen LogP contribution in [0, 0.1) is 5.92 Å². The summed E-state index contributed by atoms with van der Waals surface area (Å²) in [5.74, 6) is -1.89. The van der Waals surface area contributed by atoms with Crippen LogP contribution in [0.2, 0.25) is 0 Å². The van der Waals surface area contributed by atoms with Crippen molar-refractivity contribution in [3.05, 3.63) is 0 Å². The fourth-order valence-electron chi connectivity index (χ4n) is 1.90. The van der Waals surface area contributed by atoms with Gasteiger partial charge in [0.2, 0.25) is 11.8 Å². The molecule has 0 saturated heterocycles. The maximum absolute atomic E-state index is 12.3. The molecule has 0 heterocycles. The number of nitrogens with one attached hydrogen (secondary N) is 3. The number of carbonyl (C=O) groups is 4. The lowest BCUT2D eigenvalue weighted by molar-refractivity contribution is -0.145. The first kappa shape index (κ1) is 23.7. The van der Waals surface area contributed by atoms with E-state index < -0.39 is 47.6 Å².